The highest BCUT2D eigenvalue weighted by atomic mass is 35.5. The van der Waals surface area contributed by atoms with Gasteiger partial charge in [0.2, 0.25) is 5.91 Å². The van der Waals surface area contributed by atoms with Crippen LogP contribution in [0.15, 0.2) is 28.2 Å². The molecule has 124 valence electrons. The maximum absolute atomic E-state index is 12.2. The van der Waals surface area contributed by atoms with E-state index in [9.17, 15) is 4.79 Å². The van der Waals surface area contributed by atoms with Gasteiger partial charge in [-0.25, -0.2) is 4.98 Å². The molecule has 0 spiro atoms. The van der Waals surface area contributed by atoms with Crippen molar-refractivity contribution in [3.8, 4) is 11.5 Å². The lowest BCUT2D eigenvalue weighted by Gasteiger charge is -2.28. The Bertz CT molecular complexity index is 646. The Labute approximate surface area is 145 Å². The van der Waals surface area contributed by atoms with Gasteiger partial charge in [-0.3, -0.25) is 4.79 Å². The van der Waals surface area contributed by atoms with E-state index < -0.39 is 0 Å². The van der Waals surface area contributed by atoms with Gasteiger partial charge in [0.25, 0.3) is 0 Å². The average Bonchev–Trinajstić information content (AvgIpc) is 3.20. The van der Waals surface area contributed by atoms with Crippen LogP contribution in [0, 0.1) is 5.92 Å². The molecular weight excluding hydrogens is 334 g/mol. The standard InChI is InChI=1S/C16H19N3O2S.ClH/c20-15(8-10-6-11-3-4-12(7-10)17-11)19-16-18-13(9-22-16)14-2-1-5-21-14;/h1-2,5,9-12,17H,3-4,6-8H2,(H,18,19,20);1H. The van der Waals surface area contributed by atoms with E-state index in [1.54, 1.807) is 6.26 Å². The molecule has 1 amide bonds. The van der Waals surface area contributed by atoms with Crippen LogP contribution in [0.3, 0.4) is 0 Å². The summed E-state index contributed by atoms with van der Waals surface area (Å²) in [5.74, 6) is 1.31. The molecule has 2 fully saturated rings. The number of fused-ring (bicyclic) bond motifs is 2. The predicted molar refractivity (Wildman–Crippen MR) is 93.0 cm³/mol. The minimum absolute atomic E-state index is 0. The van der Waals surface area contributed by atoms with Crippen LogP contribution in [0.5, 0.6) is 0 Å². The lowest BCUT2D eigenvalue weighted by atomic mass is 9.89. The van der Waals surface area contributed by atoms with Crippen molar-refractivity contribution in [1.82, 2.24) is 10.3 Å². The maximum atomic E-state index is 12.2. The van der Waals surface area contributed by atoms with E-state index in [2.05, 4.69) is 15.6 Å². The van der Waals surface area contributed by atoms with Crippen LogP contribution in [0.2, 0.25) is 0 Å². The Hall–Kier alpha value is -1.37. The van der Waals surface area contributed by atoms with Crippen LogP contribution in [0.1, 0.15) is 32.1 Å². The molecule has 2 atom stereocenters. The molecule has 4 heterocycles. The van der Waals surface area contributed by atoms with Crippen LogP contribution in [0.4, 0.5) is 5.13 Å². The highest BCUT2D eigenvalue weighted by molar-refractivity contribution is 7.14. The summed E-state index contributed by atoms with van der Waals surface area (Å²) in [6.45, 7) is 0. The lowest BCUT2D eigenvalue weighted by Crippen LogP contribution is -2.39. The lowest BCUT2D eigenvalue weighted by molar-refractivity contribution is -0.117. The predicted octanol–water partition coefficient (Wildman–Crippen LogP) is 3.68. The number of carbonyl (C=O) groups excluding carboxylic acids is 1. The second kappa shape index (κ2) is 7.03. The van der Waals surface area contributed by atoms with Crippen molar-refractivity contribution >= 4 is 34.8 Å². The fraction of sp³-hybridized carbons (Fsp3) is 0.500. The van der Waals surface area contributed by atoms with Crippen molar-refractivity contribution in [1.29, 1.82) is 0 Å². The summed E-state index contributed by atoms with van der Waals surface area (Å²) in [4.78, 5) is 16.6. The first kappa shape index (κ1) is 16.5. The molecule has 4 rings (SSSR count). The van der Waals surface area contributed by atoms with E-state index in [-0.39, 0.29) is 18.3 Å². The number of halogens is 1. The Morgan fingerprint density at radius 1 is 1.39 bits per heavy atom. The van der Waals surface area contributed by atoms with Gasteiger partial charge in [0.05, 0.1) is 6.26 Å². The molecule has 2 aromatic heterocycles. The highest BCUT2D eigenvalue weighted by Gasteiger charge is 2.34. The van der Waals surface area contributed by atoms with Crippen molar-refractivity contribution in [3.05, 3.63) is 23.8 Å². The third kappa shape index (κ3) is 3.76. The molecule has 0 aromatic carbocycles. The molecule has 2 bridgehead atoms. The molecule has 5 nitrogen and oxygen atoms in total. The summed E-state index contributed by atoms with van der Waals surface area (Å²) in [6.07, 6.45) is 7.01. The van der Waals surface area contributed by atoms with Crippen LogP contribution >= 0.6 is 23.7 Å². The first-order valence-corrected chi connectivity index (χ1v) is 8.69. The first-order valence-electron chi connectivity index (χ1n) is 7.81. The number of anilines is 1. The number of carbonyl (C=O) groups is 1. The molecule has 2 aliphatic rings. The number of hydrogen-bond donors (Lipinski definition) is 2. The molecule has 0 radical (unpaired) electrons. The van der Waals surface area contributed by atoms with Crippen molar-refractivity contribution in [3.63, 3.8) is 0 Å². The number of rotatable bonds is 4. The number of hydrogen-bond acceptors (Lipinski definition) is 5. The zero-order valence-corrected chi connectivity index (χ0v) is 14.3. The third-order valence-corrected chi connectivity index (χ3v) is 5.33. The topological polar surface area (TPSA) is 67.2 Å². The van der Waals surface area contributed by atoms with E-state index in [0.29, 0.717) is 29.6 Å². The van der Waals surface area contributed by atoms with E-state index in [1.165, 1.54) is 24.2 Å². The number of thiazole rings is 1. The molecule has 7 heteroatoms. The average molecular weight is 354 g/mol. The number of furan rings is 1. The van der Waals surface area contributed by atoms with Gasteiger partial charge >= 0.3 is 0 Å². The largest absolute Gasteiger partial charge is 0.463 e. The summed E-state index contributed by atoms with van der Waals surface area (Å²) in [5, 5.41) is 9.09. The van der Waals surface area contributed by atoms with E-state index in [0.717, 1.165) is 24.3 Å². The number of piperidine rings is 1. The first-order chi connectivity index (χ1) is 10.8. The number of nitrogens with one attached hydrogen (secondary N) is 2. The van der Waals surface area contributed by atoms with Crippen LogP contribution in [-0.4, -0.2) is 23.0 Å². The molecule has 23 heavy (non-hydrogen) atoms. The number of aromatic nitrogens is 1. The second-order valence-electron chi connectivity index (χ2n) is 6.24. The van der Waals surface area contributed by atoms with Gasteiger partial charge in [-0.2, -0.15) is 0 Å². The SMILES string of the molecule is Cl.O=C(CC1CC2CCC(C1)N2)Nc1nc(-c2ccco2)cs1. The van der Waals surface area contributed by atoms with Gasteiger partial charge in [0.15, 0.2) is 10.9 Å². The van der Waals surface area contributed by atoms with Crippen LogP contribution < -0.4 is 10.6 Å². The zero-order valence-electron chi connectivity index (χ0n) is 12.7. The summed E-state index contributed by atoms with van der Waals surface area (Å²) in [7, 11) is 0. The Morgan fingerprint density at radius 2 is 2.17 bits per heavy atom. The highest BCUT2D eigenvalue weighted by Crippen LogP contribution is 2.33. The third-order valence-electron chi connectivity index (χ3n) is 4.57. The monoisotopic (exact) mass is 353 g/mol. The van der Waals surface area contributed by atoms with E-state index in [1.807, 2.05) is 17.5 Å². The van der Waals surface area contributed by atoms with Crippen molar-refractivity contribution in [2.24, 2.45) is 5.92 Å². The molecule has 2 N–H and O–H groups in total. The number of amides is 1. The fourth-order valence-corrected chi connectivity index (χ4v) is 4.36. The Kier molecular flexibility index (Phi) is 5.04. The molecular formula is C16H20ClN3O2S. The van der Waals surface area contributed by atoms with Gasteiger partial charge < -0.3 is 15.1 Å². The smallest absolute Gasteiger partial charge is 0.226 e. The van der Waals surface area contributed by atoms with Gasteiger partial charge in [0.1, 0.15) is 5.69 Å². The molecule has 2 unspecified atom stereocenters. The van der Waals surface area contributed by atoms with Crippen LogP contribution in [-0.2, 0) is 4.79 Å². The summed E-state index contributed by atoms with van der Waals surface area (Å²) < 4.78 is 5.31. The fourth-order valence-electron chi connectivity index (χ4n) is 3.64. The number of nitrogens with zero attached hydrogens (tertiary/aromatic N) is 1. The second-order valence-corrected chi connectivity index (χ2v) is 7.10. The van der Waals surface area contributed by atoms with Crippen molar-refractivity contribution < 1.29 is 9.21 Å². The van der Waals surface area contributed by atoms with Gasteiger partial charge in [0, 0.05) is 23.9 Å². The van der Waals surface area contributed by atoms with Crippen molar-refractivity contribution in [2.45, 2.75) is 44.2 Å². The Balaban J connectivity index is 0.00000156. The van der Waals surface area contributed by atoms with E-state index >= 15 is 0 Å². The molecule has 2 aliphatic heterocycles. The summed E-state index contributed by atoms with van der Waals surface area (Å²) >= 11 is 1.44. The Morgan fingerprint density at radius 3 is 2.87 bits per heavy atom. The van der Waals surface area contributed by atoms with Crippen molar-refractivity contribution in [2.75, 3.05) is 5.32 Å². The maximum Gasteiger partial charge on any atom is 0.226 e. The van der Waals surface area contributed by atoms with E-state index in [4.69, 9.17) is 4.42 Å². The molecule has 0 aliphatic carbocycles. The zero-order chi connectivity index (χ0) is 14.9. The normalized spacial score (nSPS) is 25.8. The minimum atomic E-state index is 0. The van der Waals surface area contributed by atoms with Crippen LogP contribution in [0.25, 0.3) is 11.5 Å². The molecule has 2 aromatic rings. The van der Waals surface area contributed by atoms with Gasteiger partial charge in [-0.05, 0) is 43.7 Å². The van der Waals surface area contributed by atoms with Gasteiger partial charge in [-0.15, -0.1) is 23.7 Å². The quantitative estimate of drug-likeness (QED) is 0.879. The summed E-state index contributed by atoms with van der Waals surface area (Å²) in [6, 6.07) is 4.95. The molecule has 2 saturated heterocycles. The summed E-state index contributed by atoms with van der Waals surface area (Å²) in [5.41, 5.74) is 0.769. The molecule has 0 saturated carbocycles. The minimum Gasteiger partial charge on any atom is -0.463 e. The van der Waals surface area contributed by atoms with Gasteiger partial charge in [-0.1, -0.05) is 0 Å².